The van der Waals surface area contributed by atoms with E-state index in [1.165, 1.54) is 17.0 Å². The van der Waals surface area contributed by atoms with E-state index in [1.54, 1.807) is 0 Å². The number of carbonyl (C=O) groups is 1. The highest BCUT2D eigenvalue weighted by Gasteiger charge is 2.36. The van der Waals surface area contributed by atoms with Crippen LogP contribution in [-0.4, -0.2) is 52.4 Å². The van der Waals surface area contributed by atoms with Crippen molar-refractivity contribution in [2.75, 3.05) is 19.7 Å². The Labute approximate surface area is 116 Å². The number of nitrogens with zero attached hydrogens (tertiary/aromatic N) is 1. The van der Waals surface area contributed by atoms with Crippen LogP contribution in [0.5, 0.6) is 5.75 Å². The summed E-state index contributed by atoms with van der Waals surface area (Å²) in [6.45, 7) is 3.93. The van der Waals surface area contributed by atoms with Gasteiger partial charge in [0.2, 0.25) is 0 Å². The van der Waals surface area contributed by atoms with E-state index in [0.29, 0.717) is 6.54 Å². The number of amides is 1. The predicted octanol–water partition coefficient (Wildman–Crippen LogP) is 1.14. The van der Waals surface area contributed by atoms with Crippen LogP contribution >= 0.6 is 0 Å². The molecule has 1 saturated heterocycles. The molecule has 6 heteroatoms. The molecule has 0 saturated carbocycles. The summed E-state index contributed by atoms with van der Waals surface area (Å²) in [5.74, 6) is -1.47. The molecule has 1 aromatic rings. The number of ether oxygens (including phenoxy) is 1. The zero-order valence-electron chi connectivity index (χ0n) is 11.5. The number of halogens is 1. The van der Waals surface area contributed by atoms with Crippen molar-refractivity contribution >= 4 is 5.91 Å². The number of phenols is 1. The average molecular weight is 283 g/mol. The first-order chi connectivity index (χ1) is 9.32. The molecule has 2 N–H and O–H groups in total. The Bertz CT molecular complexity index is 518. The fourth-order valence-corrected chi connectivity index (χ4v) is 2.39. The molecule has 0 aliphatic carbocycles. The zero-order valence-corrected chi connectivity index (χ0v) is 11.5. The van der Waals surface area contributed by atoms with E-state index in [0.717, 1.165) is 6.07 Å². The normalized spacial score (nSPS) is 21.8. The second-order valence-corrected chi connectivity index (χ2v) is 5.53. The van der Waals surface area contributed by atoms with Gasteiger partial charge in [-0.05, 0) is 26.0 Å². The number of aliphatic hydroxyl groups excluding tert-OH is 1. The average Bonchev–Trinajstić information content (AvgIpc) is 2.36. The second-order valence-electron chi connectivity index (χ2n) is 5.53. The van der Waals surface area contributed by atoms with E-state index in [1.807, 2.05) is 13.8 Å². The highest BCUT2D eigenvalue weighted by Crippen LogP contribution is 2.24. The minimum absolute atomic E-state index is 0.0998. The number of carbonyl (C=O) groups excluding carboxylic acids is 1. The Morgan fingerprint density at radius 3 is 2.85 bits per heavy atom. The van der Waals surface area contributed by atoms with E-state index in [9.17, 15) is 19.4 Å². The van der Waals surface area contributed by atoms with Crippen molar-refractivity contribution in [1.82, 2.24) is 4.90 Å². The number of aliphatic hydroxyl groups is 1. The number of benzene rings is 1. The summed E-state index contributed by atoms with van der Waals surface area (Å²) in [6.07, 6.45) is -0.483. The van der Waals surface area contributed by atoms with Gasteiger partial charge >= 0.3 is 0 Å². The van der Waals surface area contributed by atoms with Crippen molar-refractivity contribution in [3.05, 3.63) is 29.6 Å². The fraction of sp³-hybridized carbons (Fsp3) is 0.500. The molecule has 5 nitrogen and oxygen atoms in total. The number of hydrogen-bond acceptors (Lipinski definition) is 4. The second kappa shape index (κ2) is 5.38. The van der Waals surface area contributed by atoms with Crippen LogP contribution in [0, 0.1) is 5.82 Å². The standard InChI is InChI=1S/C14H18FNO4/c1-14(2)8-16(6-10(7-17)20-14)13(19)11-4-3-9(18)5-12(11)15/h3-5,10,17-18H,6-8H2,1-2H3. The molecule has 1 aromatic carbocycles. The van der Waals surface area contributed by atoms with Gasteiger partial charge in [0.05, 0.1) is 23.9 Å². The van der Waals surface area contributed by atoms with Crippen LogP contribution in [0.4, 0.5) is 4.39 Å². The molecule has 20 heavy (non-hydrogen) atoms. The maximum absolute atomic E-state index is 13.7. The van der Waals surface area contributed by atoms with Gasteiger partial charge in [0, 0.05) is 19.2 Å². The molecule has 1 atom stereocenters. The molecule has 1 amide bonds. The van der Waals surface area contributed by atoms with Gasteiger partial charge in [0.15, 0.2) is 0 Å². The minimum atomic E-state index is -0.764. The summed E-state index contributed by atoms with van der Waals surface area (Å²) in [5, 5.41) is 18.4. The molecular weight excluding hydrogens is 265 g/mol. The summed E-state index contributed by atoms with van der Waals surface area (Å²) < 4.78 is 19.4. The highest BCUT2D eigenvalue weighted by atomic mass is 19.1. The van der Waals surface area contributed by atoms with Gasteiger partial charge in [0.1, 0.15) is 11.6 Å². The van der Waals surface area contributed by atoms with Gasteiger partial charge in [-0.3, -0.25) is 4.79 Å². The number of phenolic OH excluding ortho intramolecular Hbond substituents is 1. The third-order valence-corrected chi connectivity index (χ3v) is 3.16. The number of rotatable bonds is 2. The van der Waals surface area contributed by atoms with Crippen LogP contribution in [-0.2, 0) is 4.74 Å². The van der Waals surface area contributed by atoms with Crippen molar-refractivity contribution in [3.8, 4) is 5.75 Å². The van der Waals surface area contributed by atoms with Crippen molar-refractivity contribution in [3.63, 3.8) is 0 Å². The van der Waals surface area contributed by atoms with E-state index in [-0.39, 0.29) is 24.5 Å². The SMILES string of the molecule is CC1(C)CN(C(=O)c2ccc(O)cc2F)CC(CO)O1. The van der Waals surface area contributed by atoms with Gasteiger partial charge in [-0.2, -0.15) is 0 Å². The molecule has 0 aromatic heterocycles. The lowest BCUT2D eigenvalue weighted by Gasteiger charge is -2.42. The van der Waals surface area contributed by atoms with Crippen LogP contribution in [0.2, 0.25) is 0 Å². The molecule has 2 rings (SSSR count). The Hall–Kier alpha value is -1.66. The molecular formula is C14H18FNO4. The van der Waals surface area contributed by atoms with Gasteiger partial charge in [-0.1, -0.05) is 0 Å². The lowest BCUT2D eigenvalue weighted by Crippen LogP contribution is -2.55. The maximum atomic E-state index is 13.7. The van der Waals surface area contributed by atoms with Crippen LogP contribution in [0.1, 0.15) is 24.2 Å². The lowest BCUT2D eigenvalue weighted by atomic mass is 10.0. The molecule has 0 radical (unpaired) electrons. The summed E-state index contributed by atoms with van der Waals surface area (Å²) in [4.78, 5) is 13.8. The Morgan fingerprint density at radius 2 is 2.25 bits per heavy atom. The van der Waals surface area contributed by atoms with E-state index < -0.39 is 23.4 Å². The lowest BCUT2D eigenvalue weighted by molar-refractivity contribution is -0.139. The van der Waals surface area contributed by atoms with Crippen LogP contribution in [0.3, 0.4) is 0 Å². The minimum Gasteiger partial charge on any atom is -0.508 e. The number of morpholine rings is 1. The molecule has 1 heterocycles. The maximum Gasteiger partial charge on any atom is 0.257 e. The zero-order chi connectivity index (χ0) is 14.9. The highest BCUT2D eigenvalue weighted by molar-refractivity contribution is 5.94. The van der Waals surface area contributed by atoms with Crippen LogP contribution in [0.25, 0.3) is 0 Å². The molecule has 110 valence electrons. The van der Waals surface area contributed by atoms with Crippen molar-refractivity contribution < 1.29 is 24.1 Å². The molecule has 1 aliphatic heterocycles. The summed E-state index contributed by atoms with van der Waals surface area (Å²) >= 11 is 0. The predicted molar refractivity (Wildman–Crippen MR) is 70.0 cm³/mol. The summed E-state index contributed by atoms with van der Waals surface area (Å²) in [7, 11) is 0. The van der Waals surface area contributed by atoms with Gasteiger partial charge in [-0.15, -0.1) is 0 Å². The topological polar surface area (TPSA) is 70.0 Å². The smallest absolute Gasteiger partial charge is 0.257 e. The summed E-state index contributed by atoms with van der Waals surface area (Å²) in [5.41, 5.74) is -0.702. The molecule has 1 aliphatic rings. The largest absolute Gasteiger partial charge is 0.508 e. The third-order valence-electron chi connectivity index (χ3n) is 3.16. The van der Waals surface area contributed by atoms with Crippen molar-refractivity contribution in [1.29, 1.82) is 0 Å². The molecule has 1 unspecified atom stereocenters. The first kappa shape index (κ1) is 14.7. The third kappa shape index (κ3) is 3.08. The number of aromatic hydroxyl groups is 1. The van der Waals surface area contributed by atoms with Gasteiger partial charge in [0.25, 0.3) is 5.91 Å². The first-order valence-corrected chi connectivity index (χ1v) is 6.39. The first-order valence-electron chi connectivity index (χ1n) is 6.39. The van der Waals surface area contributed by atoms with E-state index in [4.69, 9.17) is 4.74 Å². The Kier molecular flexibility index (Phi) is 3.96. The Morgan fingerprint density at radius 1 is 1.55 bits per heavy atom. The van der Waals surface area contributed by atoms with Crippen LogP contribution in [0.15, 0.2) is 18.2 Å². The fourth-order valence-electron chi connectivity index (χ4n) is 2.39. The van der Waals surface area contributed by atoms with Gasteiger partial charge in [-0.25, -0.2) is 4.39 Å². The van der Waals surface area contributed by atoms with Crippen molar-refractivity contribution in [2.45, 2.75) is 25.6 Å². The Balaban J connectivity index is 2.23. The number of hydrogen-bond donors (Lipinski definition) is 2. The van der Waals surface area contributed by atoms with Crippen molar-refractivity contribution in [2.24, 2.45) is 0 Å². The quantitative estimate of drug-likeness (QED) is 0.854. The van der Waals surface area contributed by atoms with Crippen LogP contribution < -0.4 is 0 Å². The monoisotopic (exact) mass is 283 g/mol. The molecule has 0 bridgehead atoms. The molecule has 0 spiro atoms. The van der Waals surface area contributed by atoms with E-state index in [2.05, 4.69) is 0 Å². The molecule has 1 fully saturated rings. The summed E-state index contributed by atoms with van der Waals surface area (Å²) in [6, 6.07) is 3.43. The van der Waals surface area contributed by atoms with E-state index >= 15 is 0 Å². The van der Waals surface area contributed by atoms with Gasteiger partial charge < -0.3 is 19.8 Å².